The van der Waals surface area contributed by atoms with E-state index in [9.17, 15) is 0 Å². The molecule has 2 heterocycles. The van der Waals surface area contributed by atoms with Gasteiger partial charge in [-0.05, 0) is 26.3 Å². The van der Waals surface area contributed by atoms with Gasteiger partial charge >= 0.3 is 0 Å². The number of ether oxygens (including phenoxy) is 1. The summed E-state index contributed by atoms with van der Waals surface area (Å²) in [7, 11) is 3.49. The summed E-state index contributed by atoms with van der Waals surface area (Å²) in [6.07, 6.45) is 4.75. The number of guanidine groups is 1. The molecule has 2 aromatic rings. The van der Waals surface area contributed by atoms with E-state index in [4.69, 9.17) is 4.74 Å². The summed E-state index contributed by atoms with van der Waals surface area (Å²) in [6.45, 7) is 7.98. The van der Waals surface area contributed by atoms with Gasteiger partial charge in [0, 0.05) is 57.4 Å². The molecule has 25 heavy (non-hydrogen) atoms. The highest BCUT2D eigenvalue weighted by molar-refractivity contribution is 5.79. The van der Waals surface area contributed by atoms with Gasteiger partial charge in [0.25, 0.3) is 0 Å². The van der Waals surface area contributed by atoms with Crippen LogP contribution in [0.15, 0.2) is 23.5 Å². The fraction of sp³-hybridized carbons (Fsp3) is 0.588. The lowest BCUT2D eigenvalue weighted by Crippen LogP contribution is -2.37. The SMILES string of the molecule is CN=C(NCCCn1cccn1)NCc1c(C)nn(CCOC)c1C. The Kier molecular flexibility index (Phi) is 7.46. The number of nitrogens with one attached hydrogen (secondary N) is 2. The van der Waals surface area contributed by atoms with E-state index in [1.807, 2.05) is 28.6 Å². The molecule has 0 bridgehead atoms. The van der Waals surface area contributed by atoms with Crippen LogP contribution in [0.1, 0.15) is 23.4 Å². The van der Waals surface area contributed by atoms with Gasteiger partial charge in [0.2, 0.25) is 0 Å². The largest absolute Gasteiger partial charge is 0.383 e. The van der Waals surface area contributed by atoms with Crippen molar-refractivity contribution in [2.24, 2.45) is 4.99 Å². The molecule has 0 fully saturated rings. The van der Waals surface area contributed by atoms with E-state index in [-0.39, 0.29) is 0 Å². The van der Waals surface area contributed by atoms with E-state index in [0.29, 0.717) is 13.2 Å². The van der Waals surface area contributed by atoms with E-state index in [0.717, 1.165) is 43.4 Å². The van der Waals surface area contributed by atoms with Crippen LogP contribution in [0.5, 0.6) is 0 Å². The molecule has 0 unspecified atom stereocenters. The van der Waals surface area contributed by atoms with Crippen molar-refractivity contribution >= 4 is 5.96 Å². The quantitative estimate of drug-likeness (QED) is 0.403. The average molecular weight is 347 g/mol. The Hall–Kier alpha value is -2.35. The Morgan fingerprint density at radius 2 is 2.12 bits per heavy atom. The monoisotopic (exact) mass is 347 g/mol. The number of hydrogen-bond donors (Lipinski definition) is 2. The maximum Gasteiger partial charge on any atom is 0.191 e. The third-order valence-corrected chi connectivity index (χ3v) is 4.11. The lowest BCUT2D eigenvalue weighted by Gasteiger charge is -2.12. The van der Waals surface area contributed by atoms with Crippen LogP contribution < -0.4 is 10.6 Å². The number of nitrogens with zero attached hydrogens (tertiary/aromatic N) is 5. The molecule has 0 atom stereocenters. The smallest absolute Gasteiger partial charge is 0.191 e. The fourth-order valence-corrected chi connectivity index (χ4v) is 2.66. The molecular formula is C17H29N7O. The molecule has 8 heteroatoms. The van der Waals surface area contributed by atoms with E-state index >= 15 is 0 Å². The van der Waals surface area contributed by atoms with Crippen molar-refractivity contribution in [3.8, 4) is 0 Å². The van der Waals surface area contributed by atoms with Crippen LogP contribution in [0, 0.1) is 13.8 Å². The van der Waals surface area contributed by atoms with Gasteiger partial charge in [-0.25, -0.2) is 0 Å². The molecule has 0 amide bonds. The highest BCUT2D eigenvalue weighted by atomic mass is 16.5. The average Bonchev–Trinajstić information content (AvgIpc) is 3.22. The van der Waals surface area contributed by atoms with Crippen molar-refractivity contribution in [1.82, 2.24) is 30.2 Å². The summed E-state index contributed by atoms with van der Waals surface area (Å²) in [5.74, 6) is 0.795. The Morgan fingerprint density at radius 3 is 2.80 bits per heavy atom. The first kappa shape index (κ1) is 19.0. The minimum atomic E-state index is 0.661. The molecule has 0 aliphatic rings. The maximum absolute atomic E-state index is 5.14. The van der Waals surface area contributed by atoms with Crippen LogP contribution in [-0.4, -0.2) is 52.8 Å². The molecule has 0 saturated heterocycles. The van der Waals surface area contributed by atoms with Crippen LogP contribution in [0.3, 0.4) is 0 Å². The number of rotatable bonds is 9. The molecule has 0 radical (unpaired) electrons. The summed E-state index contributed by atoms with van der Waals surface area (Å²) >= 11 is 0. The molecule has 0 aliphatic carbocycles. The van der Waals surface area contributed by atoms with Crippen molar-refractivity contribution in [1.29, 1.82) is 0 Å². The van der Waals surface area contributed by atoms with Gasteiger partial charge in [-0.3, -0.25) is 14.4 Å². The molecule has 0 aromatic carbocycles. The molecule has 2 rings (SSSR count). The summed E-state index contributed by atoms with van der Waals surface area (Å²) in [5.41, 5.74) is 3.40. The number of aromatic nitrogens is 4. The van der Waals surface area contributed by atoms with Gasteiger partial charge in [-0.2, -0.15) is 10.2 Å². The van der Waals surface area contributed by atoms with Crippen LogP contribution in [0.4, 0.5) is 0 Å². The van der Waals surface area contributed by atoms with Crippen molar-refractivity contribution in [2.45, 2.75) is 39.9 Å². The summed E-state index contributed by atoms with van der Waals surface area (Å²) < 4.78 is 9.06. The van der Waals surface area contributed by atoms with Crippen molar-refractivity contribution in [2.75, 3.05) is 27.3 Å². The molecule has 138 valence electrons. The lowest BCUT2D eigenvalue weighted by atomic mass is 10.2. The lowest BCUT2D eigenvalue weighted by molar-refractivity contribution is 0.182. The molecule has 0 spiro atoms. The predicted octanol–water partition coefficient (Wildman–Crippen LogP) is 1.10. The van der Waals surface area contributed by atoms with Gasteiger partial charge in [-0.15, -0.1) is 0 Å². The number of aryl methyl sites for hydroxylation is 2. The Labute approximate surface area is 149 Å². The van der Waals surface area contributed by atoms with Crippen molar-refractivity contribution < 1.29 is 4.74 Å². The first-order valence-electron chi connectivity index (χ1n) is 8.59. The zero-order chi connectivity index (χ0) is 18.1. The van der Waals surface area contributed by atoms with Crippen LogP contribution in [0.2, 0.25) is 0 Å². The topological polar surface area (TPSA) is 81.3 Å². The van der Waals surface area contributed by atoms with E-state index in [1.54, 1.807) is 20.4 Å². The fourth-order valence-electron chi connectivity index (χ4n) is 2.66. The second kappa shape index (κ2) is 9.83. The third kappa shape index (κ3) is 5.60. The second-order valence-corrected chi connectivity index (χ2v) is 5.84. The first-order chi connectivity index (χ1) is 12.2. The summed E-state index contributed by atoms with van der Waals surface area (Å²) in [6, 6.07) is 1.94. The highest BCUT2D eigenvalue weighted by Crippen LogP contribution is 2.12. The predicted molar refractivity (Wildman–Crippen MR) is 98.6 cm³/mol. The zero-order valence-electron chi connectivity index (χ0n) is 15.6. The molecule has 0 aliphatic heterocycles. The van der Waals surface area contributed by atoms with Gasteiger partial charge in [-0.1, -0.05) is 0 Å². The van der Waals surface area contributed by atoms with E-state index < -0.39 is 0 Å². The molecule has 8 nitrogen and oxygen atoms in total. The van der Waals surface area contributed by atoms with Crippen LogP contribution >= 0.6 is 0 Å². The van der Waals surface area contributed by atoms with Gasteiger partial charge in [0.1, 0.15) is 0 Å². The molecule has 0 saturated carbocycles. The van der Waals surface area contributed by atoms with Gasteiger partial charge < -0.3 is 15.4 Å². The van der Waals surface area contributed by atoms with Crippen molar-refractivity contribution in [3.63, 3.8) is 0 Å². The van der Waals surface area contributed by atoms with Gasteiger partial charge in [0.15, 0.2) is 5.96 Å². The number of hydrogen-bond acceptors (Lipinski definition) is 4. The molecular weight excluding hydrogens is 318 g/mol. The molecule has 2 aromatic heterocycles. The maximum atomic E-state index is 5.14. The number of aliphatic imine (C=N–C) groups is 1. The number of methoxy groups -OCH3 is 1. The normalized spacial score (nSPS) is 11.8. The Morgan fingerprint density at radius 1 is 1.28 bits per heavy atom. The van der Waals surface area contributed by atoms with Gasteiger partial charge in [0.05, 0.1) is 18.8 Å². The van der Waals surface area contributed by atoms with Crippen LogP contribution in [0.25, 0.3) is 0 Å². The first-order valence-corrected chi connectivity index (χ1v) is 8.59. The Balaban J connectivity index is 1.79. The Bertz CT molecular complexity index is 661. The minimum absolute atomic E-state index is 0.661. The molecule has 2 N–H and O–H groups in total. The standard InChI is InChI=1S/C17H29N7O/c1-14-16(15(2)24(22-14)11-12-25-4)13-20-17(18-3)19-7-5-9-23-10-6-8-21-23/h6,8,10H,5,7,9,11-13H2,1-4H3,(H2,18,19,20). The summed E-state index contributed by atoms with van der Waals surface area (Å²) in [5, 5.41) is 15.5. The second-order valence-electron chi connectivity index (χ2n) is 5.84. The van der Waals surface area contributed by atoms with Crippen molar-refractivity contribution in [3.05, 3.63) is 35.4 Å². The highest BCUT2D eigenvalue weighted by Gasteiger charge is 2.11. The van der Waals surface area contributed by atoms with E-state index in [2.05, 4.69) is 32.7 Å². The minimum Gasteiger partial charge on any atom is -0.383 e. The summed E-state index contributed by atoms with van der Waals surface area (Å²) in [4.78, 5) is 4.28. The third-order valence-electron chi connectivity index (χ3n) is 4.11. The zero-order valence-corrected chi connectivity index (χ0v) is 15.6. The van der Waals surface area contributed by atoms with E-state index in [1.165, 1.54) is 5.56 Å². The van der Waals surface area contributed by atoms with Crippen LogP contribution in [-0.2, 0) is 24.4 Å².